The highest BCUT2D eigenvalue weighted by atomic mass is 79.9. The number of ether oxygens (including phenoxy) is 1. The standard InChI is InChI=1S/C16H17Br2NO/c1-20-14-4-2-3-12(9-14)7-8-19-11-13-5-6-15(17)16(18)10-13/h2-6,9-10,19H,7-8,11H2,1H3. The number of hydrogen-bond acceptors (Lipinski definition) is 2. The molecule has 4 heteroatoms. The Balaban J connectivity index is 1.79. The van der Waals surface area contributed by atoms with Crippen molar-refractivity contribution in [2.75, 3.05) is 13.7 Å². The van der Waals surface area contributed by atoms with Gasteiger partial charge < -0.3 is 10.1 Å². The lowest BCUT2D eigenvalue weighted by molar-refractivity contribution is 0.414. The summed E-state index contributed by atoms with van der Waals surface area (Å²) in [5.41, 5.74) is 2.56. The Morgan fingerprint density at radius 3 is 2.60 bits per heavy atom. The maximum Gasteiger partial charge on any atom is 0.119 e. The number of halogens is 2. The highest BCUT2D eigenvalue weighted by Gasteiger charge is 1.99. The number of hydrogen-bond donors (Lipinski definition) is 1. The van der Waals surface area contributed by atoms with Gasteiger partial charge in [-0.2, -0.15) is 0 Å². The van der Waals surface area contributed by atoms with Crippen LogP contribution in [0.4, 0.5) is 0 Å². The van der Waals surface area contributed by atoms with Gasteiger partial charge in [-0.3, -0.25) is 0 Å². The van der Waals surface area contributed by atoms with E-state index in [2.05, 4.69) is 67.5 Å². The molecule has 106 valence electrons. The lowest BCUT2D eigenvalue weighted by atomic mass is 10.1. The van der Waals surface area contributed by atoms with Crippen molar-refractivity contribution < 1.29 is 4.74 Å². The number of methoxy groups -OCH3 is 1. The van der Waals surface area contributed by atoms with Gasteiger partial charge in [0.05, 0.1) is 7.11 Å². The van der Waals surface area contributed by atoms with Crippen LogP contribution in [0.3, 0.4) is 0 Å². The van der Waals surface area contributed by atoms with Crippen molar-refractivity contribution in [3.05, 3.63) is 62.5 Å². The summed E-state index contributed by atoms with van der Waals surface area (Å²) in [4.78, 5) is 0. The molecule has 0 saturated carbocycles. The quantitative estimate of drug-likeness (QED) is 0.720. The number of rotatable bonds is 6. The summed E-state index contributed by atoms with van der Waals surface area (Å²) in [6, 6.07) is 14.5. The molecule has 1 N–H and O–H groups in total. The second-order valence-electron chi connectivity index (χ2n) is 4.53. The predicted molar refractivity (Wildman–Crippen MR) is 90.2 cm³/mol. The van der Waals surface area contributed by atoms with Crippen LogP contribution in [0.15, 0.2) is 51.4 Å². The van der Waals surface area contributed by atoms with Crippen LogP contribution in [-0.2, 0) is 13.0 Å². The molecule has 0 atom stereocenters. The van der Waals surface area contributed by atoms with Crippen LogP contribution in [0.25, 0.3) is 0 Å². The molecule has 2 aromatic carbocycles. The van der Waals surface area contributed by atoms with E-state index in [0.717, 1.165) is 34.2 Å². The van der Waals surface area contributed by atoms with E-state index in [0.29, 0.717) is 0 Å². The zero-order valence-corrected chi connectivity index (χ0v) is 14.5. The Morgan fingerprint density at radius 1 is 1.00 bits per heavy atom. The third kappa shape index (κ3) is 4.62. The SMILES string of the molecule is COc1cccc(CCNCc2ccc(Br)c(Br)c2)c1. The van der Waals surface area contributed by atoms with Gasteiger partial charge in [-0.05, 0) is 80.2 Å². The van der Waals surface area contributed by atoms with Gasteiger partial charge >= 0.3 is 0 Å². The zero-order chi connectivity index (χ0) is 14.4. The average Bonchev–Trinajstić information content (AvgIpc) is 2.47. The van der Waals surface area contributed by atoms with Crippen molar-refractivity contribution in [3.8, 4) is 5.75 Å². The van der Waals surface area contributed by atoms with Gasteiger partial charge in [0.15, 0.2) is 0 Å². The van der Waals surface area contributed by atoms with Crippen LogP contribution < -0.4 is 10.1 Å². The number of nitrogens with one attached hydrogen (secondary N) is 1. The molecule has 0 unspecified atom stereocenters. The maximum atomic E-state index is 5.22. The fourth-order valence-corrected chi connectivity index (χ4v) is 2.62. The van der Waals surface area contributed by atoms with E-state index < -0.39 is 0 Å². The molecule has 0 aliphatic rings. The molecule has 0 heterocycles. The summed E-state index contributed by atoms with van der Waals surface area (Å²) >= 11 is 7.00. The first-order valence-corrected chi connectivity index (χ1v) is 8.05. The lowest BCUT2D eigenvalue weighted by Gasteiger charge is -2.07. The zero-order valence-electron chi connectivity index (χ0n) is 11.3. The minimum Gasteiger partial charge on any atom is -0.497 e. The van der Waals surface area contributed by atoms with Gasteiger partial charge in [0.2, 0.25) is 0 Å². The molecule has 0 spiro atoms. The molecule has 2 aromatic rings. The average molecular weight is 399 g/mol. The highest BCUT2D eigenvalue weighted by Crippen LogP contribution is 2.23. The summed E-state index contributed by atoms with van der Waals surface area (Å²) in [5, 5.41) is 3.46. The van der Waals surface area contributed by atoms with Crippen LogP contribution in [0.1, 0.15) is 11.1 Å². The van der Waals surface area contributed by atoms with Crippen LogP contribution in [0, 0.1) is 0 Å². The van der Waals surface area contributed by atoms with Gasteiger partial charge in [-0.1, -0.05) is 18.2 Å². The van der Waals surface area contributed by atoms with Crippen molar-refractivity contribution in [1.82, 2.24) is 5.32 Å². The first kappa shape index (κ1) is 15.5. The first-order valence-electron chi connectivity index (χ1n) is 6.46. The molecule has 0 saturated heterocycles. The van der Waals surface area contributed by atoms with E-state index in [9.17, 15) is 0 Å². The Labute approximate surface area is 136 Å². The van der Waals surface area contributed by atoms with Crippen molar-refractivity contribution in [1.29, 1.82) is 0 Å². The Kier molecular flexibility index (Phi) is 6.07. The minimum absolute atomic E-state index is 0.871. The van der Waals surface area contributed by atoms with Gasteiger partial charge in [0, 0.05) is 15.5 Å². The van der Waals surface area contributed by atoms with Crippen LogP contribution in [-0.4, -0.2) is 13.7 Å². The van der Waals surface area contributed by atoms with Gasteiger partial charge in [0.25, 0.3) is 0 Å². The predicted octanol–water partition coefficient (Wildman–Crippen LogP) is 4.55. The molecular weight excluding hydrogens is 382 g/mol. The topological polar surface area (TPSA) is 21.3 Å². The molecule has 0 aromatic heterocycles. The minimum atomic E-state index is 0.871. The van der Waals surface area contributed by atoms with E-state index in [-0.39, 0.29) is 0 Å². The van der Waals surface area contributed by atoms with Crippen LogP contribution in [0.5, 0.6) is 5.75 Å². The van der Waals surface area contributed by atoms with E-state index in [1.807, 2.05) is 12.1 Å². The molecule has 0 amide bonds. The molecule has 0 aliphatic carbocycles. The summed E-state index contributed by atoms with van der Waals surface area (Å²) in [6.07, 6.45) is 0.995. The highest BCUT2D eigenvalue weighted by molar-refractivity contribution is 9.13. The largest absolute Gasteiger partial charge is 0.497 e. The molecule has 2 nitrogen and oxygen atoms in total. The summed E-state index contributed by atoms with van der Waals surface area (Å²) in [5.74, 6) is 0.916. The van der Waals surface area contributed by atoms with E-state index >= 15 is 0 Å². The van der Waals surface area contributed by atoms with Gasteiger partial charge in [-0.25, -0.2) is 0 Å². The van der Waals surface area contributed by atoms with Crippen LogP contribution in [0.2, 0.25) is 0 Å². The smallest absolute Gasteiger partial charge is 0.119 e. The number of benzene rings is 2. The molecule has 2 rings (SSSR count). The second kappa shape index (κ2) is 7.81. The molecule has 20 heavy (non-hydrogen) atoms. The normalized spacial score (nSPS) is 10.6. The third-order valence-electron chi connectivity index (χ3n) is 3.04. The van der Waals surface area contributed by atoms with E-state index in [1.165, 1.54) is 11.1 Å². The summed E-state index contributed by atoms with van der Waals surface area (Å²) < 4.78 is 7.39. The monoisotopic (exact) mass is 397 g/mol. The summed E-state index contributed by atoms with van der Waals surface area (Å²) in [6.45, 7) is 1.82. The molecule has 0 fully saturated rings. The van der Waals surface area contributed by atoms with E-state index in [1.54, 1.807) is 7.11 Å². The van der Waals surface area contributed by atoms with Crippen molar-refractivity contribution in [2.45, 2.75) is 13.0 Å². The maximum absolute atomic E-state index is 5.22. The fourth-order valence-electron chi connectivity index (χ4n) is 1.94. The fraction of sp³-hybridized carbons (Fsp3) is 0.250. The van der Waals surface area contributed by atoms with Gasteiger partial charge in [0.1, 0.15) is 5.75 Å². The second-order valence-corrected chi connectivity index (χ2v) is 6.24. The summed E-state index contributed by atoms with van der Waals surface area (Å²) in [7, 11) is 1.70. The molecule has 0 aliphatic heterocycles. The Bertz CT molecular complexity index is 572. The van der Waals surface area contributed by atoms with Gasteiger partial charge in [-0.15, -0.1) is 0 Å². The lowest BCUT2D eigenvalue weighted by Crippen LogP contribution is -2.16. The van der Waals surface area contributed by atoms with E-state index in [4.69, 9.17) is 4.74 Å². The third-order valence-corrected chi connectivity index (χ3v) is 4.92. The van der Waals surface area contributed by atoms with Crippen molar-refractivity contribution in [3.63, 3.8) is 0 Å². The molecule has 0 radical (unpaired) electrons. The van der Waals surface area contributed by atoms with Crippen molar-refractivity contribution >= 4 is 31.9 Å². The Morgan fingerprint density at radius 2 is 1.85 bits per heavy atom. The molecular formula is C16H17Br2NO. The van der Waals surface area contributed by atoms with Crippen molar-refractivity contribution in [2.24, 2.45) is 0 Å². The first-order chi connectivity index (χ1) is 9.69. The van der Waals surface area contributed by atoms with Crippen LogP contribution >= 0.6 is 31.9 Å². The molecule has 0 bridgehead atoms. The Hall–Kier alpha value is -0.840.